The van der Waals surface area contributed by atoms with Crippen LogP contribution in [0.1, 0.15) is 19.0 Å². The Bertz CT molecular complexity index is 507. The molecule has 2 nitrogen and oxygen atoms in total. The van der Waals surface area contributed by atoms with E-state index in [0.717, 1.165) is 23.7 Å². The topological polar surface area (TPSA) is 24.9 Å². The third-order valence-corrected chi connectivity index (χ3v) is 3.31. The first-order valence-electron chi connectivity index (χ1n) is 5.91. The number of rotatable bonds is 3. The van der Waals surface area contributed by atoms with Crippen LogP contribution in [-0.2, 0) is 6.54 Å². The van der Waals surface area contributed by atoms with E-state index in [1.165, 1.54) is 11.8 Å². The lowest BCUT2D eigenvalue weighted by molar-refractivity contribution is 0.644. The minimum atomic E-state index is 0.716. The molecular weight excluding hydrogens is 196 g/mol. The molecular formula is C14H16N2. The van der Waals surface area contributed by atoms with E-state index in [1.807, 2.05) is 12.1 Å². The highest BCUT2D eigenvalue weighted by Gasteiger charge is 2.31. The number of benzene rings is 1. The minimum Gasteiger partial charge on any atom is -0.308 e. The van der Waals surface area contributed by atoms with E-state index in [1.54, 1.807) is 0 Å². The molecule has 3 rings (SSSR count). The quantitative estimate of drug-likeness (QED) is 0.846. The van der Waals surface area contributed by atoms with Gasteiger partial charge in [-0.25, -0.2) is 0 Å². The van der Waals surface area contributed by atoms with E-state index < -0.39 is 0 Å². The second-order valence-corrected chi connectivity index (χ2v) is 4.70. The molecule has 2 atom stereocenters. The summed E-state index contributed by atoms with van der Waals surface area (Å²) in [7, 11) is 0. The summed E-state index contributed by atoms with van der Waals surface area (Å²) in [5.41, 5.74) is 2.23. The molecule has 16 heavy (non-hydrogen) atoms. The molecule has 2 heteroatoms. The van der Waals surface area contributed by atoms with Crippen LogP contribution in [0, 0.1) is 5.92 Å². The Morgan fingerprint density at radius 1 is 1.25 bits per heavy atom. The van der Waals surface area contributed by atoms with E-state index in [0.29, 0.717) is 6.04 Å². The van der Waals surface area contributed by atoms with E-state index in [-0.39, 0.29) is 0 Å². The minimum absolute atomic E-state index is 0.716. The van der Waals surface area contributed by atoms with Gasteiger partial charge in [-0.05, 0) is 24.5 Å². The van der Waals surface area contributed by atoms with Crippen molar-refractivity contribution in [3.8, 4) is 0 Å². The first-order valence-corrected chi connectivity index (χ1v) is 5.91. The number of hydrogen-bond donors (Lipinski definition) is 1. The molecule has 1 aliphatic rings. The number of aromatic nitrogens is 1. The molecule has 82 valence electrons. The zero-order valence-electron chi connectivity index (χ0n) is 9.48. The zero-order valence-corrected chi connectivity index (χ0v) is 9.48. The van der Waals surface area contributed by atoms with Gasteiger partial charge in [0.25, 0.3) is 0 Å². The highest BCUT2D eigenvalue weighted by molar-refractivity contribution is 5.78. The van der Waals surface area contributed by atoms with Crippen molar-refractivity contribution in [2.45, 2.75) is 25.9 Å². The maximum absolute atomic E-state index is 4.64. The monoisotopic (exact) mass is 212 g/mol. The molecule has 0 amide bonds. The lowest BCUT2D eigenvalue weighted by atomic mass is 10.2. The van der Waals surface area contributed by atoms with Gasteiger partial charge in [0.2, 0.25) is 0 Å². The summed E-state index contributed by atoms with van der Waals surface area (Å²) in [6, 6.07) is 13.2. The van der Waals surface area contributed by atoms with Crippen LogP contribution < -0.4 is 5.32 Å². The number of pyridine rings is 1. The standard InChI is InChI=1S/C14H16N2/c1-10-8-14(10)15-9-12-7-6-11-4-2-3-5-13(11)16-12/h2-7,10,14-15H,8-9H2,1H3. The highest BCUT2D eigenvalue weighted by Crippen LogP contribution is 2.29. The summed E-state index contributed by atoms with van der Waals surface area (Å²) in [4.78, 5) is 4.64. The maximum atomic E-state index is 4.64. The molecule has 0 aliphatic heterocycles. The summed E-state index contributed by atoms with van der Waals surface area (Å²) < 4.78 is 0. The summed E-state index contributed by atoms with van der Waals surface area (Å²) in [6.07, 6.45) is 1.31. The van der Waals surface area contributed by atoms with Crippen molar-refractivity contribution in [2.24, 2.45) is 5.92 Å². The molecule has 1 aromatic heterocycles. The van der Waals surface area contributed by atoms with Crippen LogP contribution in [0.2, 0.25) is 0 Å². The van der Waals surface area contributed by atoms with Gasteiger partial charge in [0.05, 0.1) is 11.2 Å². The van der Waals surface area contributed by atoms with Gasteiger partial charge in [-0.1, -0.05) is 31.2 Å². The van der Waals surface area contributed by atoms with Gasteiger partial charge in [-0.15, -0.1) is 0 Å². The Kier molecular flexibility index (Phi) is 2.37. The van der Waals surface area contributed by atoms with Crippen molar-refractivity contribution < 1.29 is 0 Å². The first-order chi connectivity index (χ1) is 7.83. The van der Waals surface area contributed by atoms with Crippen LogP contribution in [0.25, 0.3) is 10.9 Å². The number of nitrogens with zero attached hydrogens (tertiary/aromatic N) is 1. The third-order valence-electron chi connectivity index (χ3n) is 3.31. The molecule has 2 unspecified atom stereocenters. The zero-order chi connectivity index (χ0) is 11.0. The first kappa shape index (κ1) is 9.79. The van der Waals surface area contributed by atoms with Crippen LogP contribution in [0.3, 0.4) is 0 Å². The lowest BCUT2D eigenvalue weighted by Gasteiger charge is -2.04. The Morgan fingerprint density at radius 3 is 2.88 bits per heavy atom. The average Bonchev–Trinajstić information content (AvgIpc) is 3.03. The van der Waals surface area contributed by atoms with Gasteiger partial charge in [0, 0.05) is 18.0 Å². The van der Waals surface area contributed by atoms with Gasteiger partial charge in [-0.2, -0.15) is 0 Å². The summed E-state index contributed by atoms with van der Waals surface area (Å²) >= 11 is 0. The molecule has 0 spiro atoms. The van der Waals surface area contributed by atoms with Crippen molar-refractivity contribution in [2.75, 3.05) is 0 Å². The van der Waals surface area contributed by atoms with Gasteiger partial charge >= 0.3 is 0 Å². The Labute approximate surface area is 95.7 Å². The van der Waals surface area contributed by atoms with Crippen LogP contribution in [-0.4, -0.2) is 11.0 Å². The van der Waals surface area contributed by atoms with Crippen LogP contribution in [0.15, 0.2) is 36.4 Å². The lowest BCUT2D eigenvalue weighted by Crippen LogP contribution is -2.17. The SMILES string of the molecule is CC1CC1NCc1ccc2ccccc2n1. The molecule has 0 radical (unpaired) electrons. The molecule has 1 fully saturated rings. The molecule has 0 saturated heterocycles. The van der Waals surface area contributed by atoms with Crippen molar-refractivity contribution in [1.82, 2.24) is 10.3 Å². The number of nitrogens with one attached hydrogen (secondary N) is 1. The van der Waals surface area contributed by atoms with Crippen molar-refractivity contribution in [3.63, 3.8) is 0 Å². The molecule has 1 aliphatic carbocycles. The smallest absolute Gasteiger partial charge is 0.0705 e. The largest absolute Gasteiger partial charge is 0.308 e. The van der Waals surface area contributed by atoms with E-state index >= 15 is 0 Å². The average molecular weight is 212 g/mol. The second-order valence-electron chi connectivity index (χ2n) is 4.70. The number of hydrogen-bond acceptors (Lipinski definition) is 2. The van der Waals surface area contributed by atoms with Gasteiger partial charge in [-0.3, -0.25) is 4.98 Å². The van der Waals surface area contributed by atoms with Crippen molar-refractivity contribution in [3.05, 3.63) is 42.1 Å². The summed E-state index contributed by atoms with van der Waals surface area (Å²) in [5.74, 6) is 0.848. The Hall–Kier alpha value is -1.41. The number of para-hydroxylation sites is 1. The van der Waals surface area contributed by atoms with Crippen molar-refractivity contribution >= 4 is 10.9 Å². The second kappa shape index (κ2) is 3.87. The predicted octanol–water partition coefficient (Wildman–Crippen LogP) is 2.73. The third kappa shape index (κ3) is 1.93. The fourth-order valence-electron chi connectivity index (χ4n) is 2.05. The van der Waals surface area contributed by atoms with Crippen LogP contribution in [0.4, 0.5) is 0 Å². The number of fused-ring (bicyclic) bond motifs is 1. The van der Waals surface area contributed by atoms with Crippen LogP contribution >= 0.6 is 0 Å². The van der Waals surface area contributed by atoms with Gasteiger partial charge in [0.1, 0.15) is 0 Å². The normalized spacial score (nSPS) is 23.6. The molecule has 1 aromatic carbocycles. The molecule has 0 bridgehead atoms. The molecule has 1 N–H and O–H groups in total. The maximum Gasteiger partial charge on any atom is 0.0705 e. The van der Waals surface area contributed by atoms with E-state index in [2.05, 4.69) is 41.5 Å². The van der Waals surface area contributed by atoms with E-state index in [9.17, 15) is 0 Å². The van der Waals surface area contributed by atoms with E-state index in [4.69, 9.17) is 0 Å². The molecule has 2 aromatic rings. The molecule has 1 saturated carbocycles. The fourth-order valence-corrected chi connectivity index (χ4v) is 2.05. The predicted molar refractivity (Wildman–Crippen MR) is 66.2 cm³/mol. The Morgan fingerprint density at radius 2 is 2.06 bits per heavy atom. The Balaban J connectivity index is 1.77. The summed E-state index contributed by atoms with van der Waals surface area (Å²) in [5, 5.41) is 4.74. The summed E-state index contributed by atoms with van der Waals surface area (Å²) in [6.45, 7) is 3.17. The highest BCUT2D eigenvalue weighted by atomic mass is 15.0. The van der Waals surface area contributed by atoms with Crippen LogP contribution in [0.5, 0.6) is 0 Å². The van der Waals surface area contributed by atoms with Gasteiger partial charge < -0.3 is 5.32 Å². The fraction of sp³-hybridized carbons (Fsp3) is 0.357. The van der Waals surface area contributed by atoms with Gasteiger partial charge in [0.15, 0.2) is 0 Å². The molecule has 1 heterocycles. The van der Waals surface area contributed by atoms with Crippen molar-refractivity contribution in [1.29, 1.82) is 0 Å².